The first kappa shape index (κ1) is 14.5. The maximum absolute atomic E-state index is 5.91. The van der Waals surface area contributed by atoms with Crippen molar-refractivity contribution in [2.24, 2.45) is 5.92 Å². The molecular formula is C15H20Br2O. The molecule has 0 amide bonds. The molecular weight excluding hydrogens is 356 g/mol. The van der Waals surface area contributed by atoms with E-state index in [1.165, 1.54) is 31.2 Å². The van der Waals surface area contributed by atoms with Gasteiger partial charge in [0.05, 0.1) is 13.2 Å². The van der Waals surface area contributed by atoms with Crippen LogP contribution < -0.4 is 0 Å². The zero-order chi connectivity index (χ0) is 12.8. The fourth-order valence-electron chi connectivity index (χ4n) is 2.57. The molecule has 0 saturated heterocycles. The topological polar surface area (TPSA) is 9.23 Å². The molecule has 0 radical (unpaired) electrons. The van der Waals surface area contributed by atoms with Crippen LogP contribution in [-0.2, 0) is 11.3 Å². The van der Waals surface area contributed by atoms with Crippen molar-refractivity contribution < 1.29 is 4.74 Å². The second kappa shape index (κ2) is 7.06. The number of ether oxygens (including phenoxy) is 1. The Morgan fingerprint density at radius 1 is 1.22 bits per heavy atom. The Balaban J connectivity index is 1.82. The average molecular weight is 376 g/mol. The van der Waals surface area contributed by atoms with Crippen molar-refractivity contribution in [1.82, 2.24) is 0 Å². The molecule has 100 valence electrons. The molecule has 0 aliphatic heterocycles. The van der Waals surface area contributed by atoms with Crippen LogP contribution in [0.1, 0.15) is 31.2 Å². The molecule has 1 aromatic rings. The highest BCUT2D eigenvalue weighted by atomic mass is 79.9. The van der Waals surface area contributed by atoms with Gasteiger partial charge in [-0.05, 0) is 24.3 Å². The Bertz CT molecular complexity index is 355. The van der Waals surface area contributed by atoms with Gasteiger partial charge >= 0.3 is 0 Å². The van der Waals surface area contributed by atoms with Crippen LogP contribution in [0, 0.1) is 5.92 Å². The summed E-state index contributed by atoms with van der Waals surface area (Å²) in [5, 5.41) is 1.01. The normalized spacial score (nSPS) is 28.2. The van der Waals surface area contributed by atoms with Gasteiger partial charge in [-0.1, -0.05) is 75.0 Å². The third-order valence-electron chi connectivity index (χ3n) is 3.78. The van der Waals surface area contributed by atoms with E-state index >= 15 is 0 Å². The maximum Gasteiger partial charge on any atom is 0.0717 e. The zero-order valence-electron chi connectivity index (χ0n) is 10.6. The van der Waals surface area contributed by atoms with E-state index in [0.717, 1.165) is 18.5 Å². The zero-order valence-corrected chi connectivity index (χ0v) is 13.8. The minimum Gasteiger partial charge on any atom is -0.376 e. The van der Waals surface area contributed by atoms with Crippen molar-refractivity contribution in [2.75, 3.05) is 11.9 Å². The maximum atomic E-state index is 5.91. The molecule has 2 atom stereocenters. The number of benzene rings is 1. The molecule has 1 fully saturated rings. The number of alkyl halides is 2. The molecule has 0 bridgehead atoms. The fraction of sp³-hybridized carbons (Fsp3) is 0.600. The molecule has 3 heteroatoms. The highest BCUT2D eigenvalue weighted by molar-refractivity contribution is 9.12. The summed E-state index contributed by atoms with van der Waals surface area (Å²) in [6, 6.07) is 10.4. The van der Waals surface area contributed by atoms with Gasteiger partial charge in [-0.2, -0.15) is 0 Å². The van der Waals surface area contributed by atoms with Crippen LogP contribution in [-0.4, -0.2) is 16.3 Å². The number of rotatable bonds is 5. The SMILES string of the molecule is BrCC1(Br)CCCCC1COCc1ccccc1. The Labute approximate surface area is 127 Å². The summed E-state index contributed by atoms with van der Waals surface area (Å²) in [7, 11) is 0. The average Bonchev–Trinajstić information content (AvgIpc) is 2.42. The van der Waals surface area contributed by atoms with E-state index in [9.17, 15) is 0 Å². The third-order valence-corrected chi connectivity index (χ3v) is 6.86. The van der Waals surface area contributed by atoms with Crippen molar-refractivity contribution in [1.29, 1.82) is 0 Å². The second-order valence-corrected chi connectivity index (χ2v) is 7.25. The highest BCUT2D eigenvalue weighted by Gasteiger charge is 2.37. The molecule has 0 N–H and O–H groups in total. The van der Waals surface area contributed by atoms with Gasteiger partial charge in [-0.15, -0.1) is 0 Å². The van der Waals surface area contributed by atoms with Crippen LogP contribution >= 0.6 is 31.9 Å². The van der Waals surface area contributed by atoms with E-state index in [4.69, 9.17) is 4.74 Å². The van der Waals surface area contributed by atoms with Crippen molar-refractivity contribution >= 4 is 31.9 Å². The minimum atomic E-state index is 0.238. The lowest BCUT2D eigenvalue weighted by atomic mass is 9.81. The van der Waals surface area contributed by atoms with Gasteiger partial charge in [-0.3, -0.25) is 0 Å². The molecule has 0 aromatic heterocycles. The van der Waals surface area contributed by atoms with Crippen molar-refractivity contribution in [3.05, 3.63) is 35.9 Å². The summed E-state index contributed by atoms with van der Waals surface area (Å²) in [5.41, 5.74) is 1.26. The van der Waals surface area contributed by atoms with E-state index in [-0.39, 0.29) is 4.32 Å². The summed E-state index contributed by atoms with van der Waals surface area (Å²) < 4.78 is 6.14. The summed E-state index contributed by atoms with van der Waals surface area (Å²) in [4.78, 5) is 0. The van der Waals surface area contributed by atoms with Crippen LogP contribution in [0.15, 0.2) is 30.3 Å². The predicted octanol–water partition coefficient (Wildman–Crippen LogP) is 4.92. The molecule has 0 spiro atoms. The number of hydrogen-bond donors (Lipinski definition) is 0. The molecule has 1 saturated carbocycles. The summed E-state index contributed by atoms with van der Waals surface area (Å²) >= 11 is 7.56. The molecule has 1 aliphatic carbocycles. The first-order valence-corrected chi connectivity index (χ1v) is 8.52. The second-order valence-electron chi connectivity index (χ2n) is 5.11. The van der Waals surface area contributed by atoms with Gasteiger partial charge in [0.15, 0.2) is 0 Å². The van der Waals surface area contributed by atoms with Gasteiger partial charge in [0.2, 0.25) is 0 Å². The summed E-state index contributed by atoms with van der Waals surface area (Å²) in [6.45, 7) is 1.58. The summed E-state index contributed by atoms with van der Waals surface area (Å²) in [6.07, 6.45) is 5.18. The smallest absolute Gasteiger partial charge is 0.0717 e. The van der Waals surface area contributed by atoms with Gasteiger partial charge in [0, 0.05) is 9.65 Å². The van der Waals surface area contributed by atoms with E-state index in [1.54, 1.807) is 0 Å². The largest absolute Gasteiger partial charge is 0.376 e. The number of halogens is 2. The molecule has 1 nitrogen and oxygen atoms in total. The van der Waals surface area contributed by atoms with Crippen molar-refractivity contribution in [2.45, 2.75) is 36.6 Å². The summed E-state index contributed by atoms with van der Waals surface area (Å²) in [5.74, 6) is 0.620. The van der Waals surface area contributed by atoms with E-state index in [2.05, 4.69) is 56.1 Å². The Hall–Kier alpha value is 0.140. The van der Waals surface area contributed by atoms with Crippen LogP contribution in [0.3, 0.4) is 0 Å². The molecule has 2 unspecified atom stereocenters. The first-order chi connectivity index (χ1) is 8.74. The number of hydrogen-bond acceptors (Lipinski definition) is 1. The lowest BCUT2D eigenvalue weighted by molar-refractivity contribution is 0.0642. The molecule has 1 aromatic carbocycles. The lowest BCUT2D eigenvalue weighted by Gasteiger charge is -2.38. The Morgan fingerprint density at radius 3 is 2.72 bits per heavy atom. The highest BCUT2D eigenvalue weighted by Crippen LogP contribution is 2.42. The quantitative estimate of drug-likeness (QED) is 0.663. The monoisotopic (exact) mass is 374 g/mol. The van der Waals surface area contributed by atoms with Crippen LogP contribution in [0.2, 0.25) is 0 Å². The Morgan fingerprint density at radius 2 is 2.00 bits per heavy atom. The van der Waals surface area contributed by atoms with E-state index in [0.29, 0.717) is 5.92 Å². The Kier molecular flexibility index (Phi) is 5.71. The molecule has 1 aliphatic rings. The van der Waals surface area contributed by atoms with Crippen LogP contribution in [0.5, 0.6) is 0 Å². The predicted molar refractivity (Wildman–Crippen MR) is 83.5 cm³/mol. The van der Waals surface area contributed by atoms with E-state index < -0.39 is 0 Å². The van der Waals surface area contributed by atoms with Gasteiger partial charge in [-0.25, -0.2) is 0 Å². The van der Waals surface area contributed by atoms with Gasteiger partial charge < -0.3 is 4.74 Å². The van der Waals surface area contributed by atoms with Crippen LogP contribution in [0.25, 0.3) is 0 Å². The minimum absolute atomic E-state index is 0.238. The van der Waals surface area contributed by atoms with Crippen molar-refractivity contribution in [3.63, 3.8) is 0 Å². The van der Waals surface area contributed by atoms with Gasteiger partial charge in [0.1, 0.15) is 0 Å². The molecule has 2 rings (SSSR count). The van der Waals surface area contributed by atoms with Crippen LogP contribution in [0.4, 0.5) is 0 Å². The van der Waals surface area contributed by atoms with Gasteiger partial charge in [0.25, 0.3) is 0 Å². The standard InChI is InChI=1S/C15H20Br2O/c16-12-15(17)9-5-4-8-14(15)11-18-10-13-6-2-1-3-7-13/h1-3,6-7,14H,4-5,8-12H2. The lowest BCUT2D eigenvalue weighted by Crippen LogP contribution is -2.39. The van der Waals surface area contributed by atoms with Crippen molar-refractivity contribution in [3.8, 4) is 0 Å². The molecule has 0 heterocycles. The first-order valence-electron chi connectivity index (χ1n) is 6.61. The third kappa shape index (κ3) is 3.82. The molecule has 18 heavy (non-hydrogen) atoms. The van der Waals surface area contributed by atoms with E-state index in [1.807, 2.05) is 6.07 Å². The fourth-order valence-corrected chi connectivity index (χ4v) is 3.95.